The zero-order valence-corrected chi connectivity index (χ0v) is 14.7. The maximum atomic E-state index is 13.0. The topological polar surface area (TPSA) is 88.3 Å². The Morgan fingerprint density at radius 1 is 1.36 bits per heavy atom. The second kappa shape index (κ2) is 7.04. The molecule has 1 fully saturated rings. The molecule has 0 unspecified atom stereocenters. The molecule has 1 N–H and O–H groups in total. The lowest BCUT2D eigenvalue weighted by molar-refractivity contribution is -0.119. The molecule has 1 aliphatic heterocycles. The van der Waals surface area contributed by atoms with Crippen LogP contribution in [0, 0.1) is 13.8 Å². The van der Waals surface area contributed by atoms with Gasteiger partial charge in [-0.2, -0.15) is 0 Å². The van der Waals surface area contributed by atoms with Crippen molar-refractivity contribution in [1.82, 2.24) is 20.4 Å². The van der Waals surface area contributed by atoms with Crippen LogP contribution in [0.1, 0.15) is 59.0 Å². The van der Waals surface area contributed by atoms with E-state index in [-0.39, 0.29) is 17.9 Å². The first kappa shape index (κ1) is 17.1. The second-order valence-corrected chi connectivity index (χ2v) is 6.32. The predicted molar refractivity (Wildman–Crippen MR) is 90.7 cm³/mol. The molecular weight excluding hydrogens is 320 g/mol. The van der Waals surface area contributed by atoms with Crippen molar-refractivity contribution in [1.29, 1.82) is 0 Å². The van der Waals surface area contributed by atoms with Gasteiger partial charge < -0.3 is 14.7 Å². The number of carbonyl (C=O) groups excluding carboxylic acids is 2. The number of hydrogen-bond donors (Lipinski definition) is 1. The molecule has 25 heavy (non-hydrogen) atoms. The van der Waals surface area contributed by atoms with Crippen LogP contribution in [-0.4, -0.2) is 33.4 Å². The Morgan fingerprint density at radius 3 is 2.84 bits per heavy atom. The number of hydrogen-bond acceptors (Lipinski definition) is 5. The highest BCUT2D eigenvalue weighted by Crippen LogP contribution is 2.33. The molecule has 3 rings (SSSR count). The Labute approximate surface area is 146 Å². The van der Waals surface area contributed by atoms with Crippen molar-refractivity contribution < 1.29 is 14.1 Å². The van der Waals surface area contributed by atoms with Crippen molar-refractivity contribution in [2.75, 3.05) is 6.54 Å². The average Bonchev–Trinajstić information content (AvgIpc) is 3.20. The zero-order valence-electron chi connectivity index (χ0n) is 14.7. The van der Waals surface area contributed by atoms with Crippen molar-refractivity contribution >= 4 is 11.8 Å². The van der Waals surface area contributed by atoms with Gasteiger partial charge in [0.05, 0.1) is 29.7 Å². The van der Waals surface area contributed by atoms with Gasteiger partial charge in [-0.05, 0) is 38.8 Å². The summed E-state index contributed by atoms with van der Waals surface area (Å²) in [6.07, 6.45) is 1.79. The molecule has 0 radical (unpaired) electrons. The van der Waals surface area contributed by atoms with E-state index < -0.39 is 0 Å². The van der Waals surface area contributed by atoms with Crippen molar-refractivity contribution in [3.63, 3.8) is 0 Å². The van der Waals surface area contributed by atoms with E-state index in [1.54, 1.807) is 13.8 Å². The number of nitrogens with zero attached hydrogens (tertiary/aromatic N) is 3. The molecule has 1 saturated heterocycles. The average molecular weight is 342 g/mol. The second-order valence-electron chi connectivity index (χ2n) is 6.32. The molecule has 1 aliphatic rings. The zero-order chi connectivity index (χ0) is 18.0. The molecule has 132 valence electrons. The summed E-state index contributed by atoms with van der Waals surface area (Å²) in [4.78, 5) is 30.5. The number of rotatable bonds is 4. The van der Waals surface area contributed by atoms with Gasteiger partial charge in [0.25, 0.3) is 5.91 Å². The minimum Gasteiger partial charge on any atom is -0.361 e. The third kappa shape index (κ3) is 3.55. The highest BCUT2D eigenvalue weighted by Gasteiger charge is 2.34. The van der Waals surface area contributed by atoms with E-state index in [0.29, 0.717) is 30.1 Å². The SMILES string of the molecule is CC(=O)NCc1cccc([C@@H]2CCCN2C(=O)c2c(C)noc2C)n1. The Hall–Kier alpha value is -2.70. The fourth-order valence-electron chi connectivity index (χ4n) is 3.25. The first-order valence-corrected chi connectivity index (χ1v) is 8.41. The van der Waals surface area contributed by atoms with E-state index in [4.69, 9.17) is 4.52 Å². The maximum Gasteiger partial charge on any atom is 0.259 e. The molecular formula is C18H22N4O3. The largest absolute Gasteiger partial charge is 0.361 e. The van der Waals surface area contributed by atoms with Crippen LogP contribution in [0.2, 0.25) is 0 Å². The third-order valence-electron chi connectivity index (χ3n) is 4.45. The molecule has 7 heteroatoms. The molecule has 3 heterocycles. The lowest BCUT2D eigenvalue weighted by Gasteiger charge is -2.24. The van der Waals surface area contributed by atoms with Crippen LogP contribution >= 0.6 is 0 Å². The Balaban J connectivity index is 1.83. The van der Waals surface area contributed by atoms with Crippen LogP contribution in [0.3, 0.4) is 0 Å². The third-order valence-corrected chi connectivity index (χ3v) is 4.45. The minimum atomic E-state index is -0.0942. The highest BCUT2D eigenvalue weighted by atomic mass is 16.5. The van der Waals surface area contributed by atoms with Crippen LogP contribution in [0.15, 0.2) is 22.7 Å². The molecule has 7 nitrogen and oxygen atoms in total. The monoisotopic (exact) mass is 342 g/mol. The van der Waals surface area contributed by atoms with Gasteiger partial charge in [-0.15, -0.1) is 0 Å². The van der Waals surface area contributed by atoms with E-state index in [9.17, 15) is 9.59 Å². The molecule has 0 spiro atoms. The number of aromatic nitrogens is 2. The van der Waals surface area contributed by atoms with Crippen LogP contribution in [-0.2, 0) is 11.3 Å². The molecule has 0 aliphatic carbocycles. The summed E-state index contributed by atoms with van der Waals surface area (Å²) < 4.78 is 5.14. The van der Waals surface area contributed by atoms with Crippen LogP contribution in [0.4, 0.5) is 0 Å². The smallest absolute Gasteiger partial charge is 0.259 e. The summed E-state index contributed by atoms with van der Waals surface area (Å²) in [5.41, 5.74) is 2.78. The molecule has 0 aromatic carbocycles. The first-order valence-electron chi connectivity index (χ1n) is 8.41. The van der Waals surface area contributed by atoms with E-state index >= 15 is 0 Å². The van der Waals surface area contributed by atoms with Crippen LogP contribution < -0.4 is 5.32 Å². The fourth-order valence-corrected chi connectivity index (χ4v) is 3.25. The lowest BCUT2D eigenvalue weighted by atomic mass is 10.1. The molecule has 0 bridgehead atoms. The standard InChI is InChI=1S/C18H22N4O3/c1-11-17(12(2)25-21-11)18(24)22-9-5-8-16(22)15-7-4-6-14(20-15)10-19-13(3)23/h4,6-7,16H,5,8-10H2,1-3H3,(H,19,23)/t16-/m0/s1. The van der Waals surface area contributed by atoms with Crippen molar-refractivity contribution in [3.8, 4) is 0 Å². The van der Waals surface area contributed by atoms with Gasteiger partial charge in [-0.3, -0.25) is 14.6 Å². The van der Waals surface area contributed by atoms with Gasteiger partial charge in [-0.25, -0.2) is 0 Å². The molecule has 2 amide bonds. The van der Waals surface area contributed by atoms with Crippen molar-refractivity contribution in [2.45, 2.75) is 46.2 Å². The Kier molecular flexibility index (Phi) is 4.83. The summed E-state index contributed by atoms with van der Waals surface area (Å²) in [6, 6.07) is 5.64. The van der Waals surface area contributed by atoms with Gasteiger partial charge >= 0.3 is 0 Å². The molecule has 2 aromatic rings. The summed E-state index contributed by atoms with van der Waals surface area (Å²) in [5, 5.41) is 6.63. The normalized spacial score (nSPS) is 16.9. The van der Waals surface area contributed by atoms with Crippen molar-refractivity contribution in [2.24, 2.45) is 0 Å². The van der Waals surface area contributed by atoms with Gasteiger partial charge in [0.15, 0.2) is 0 Å². The van der Waals surface area contributed by atoms with E-state index in [2.05, 4.69) is 15.5 Å². The van der Waals surface area contributed by atoms with Crippen LogP contribution in [0.25, 0.3) is 0 Å². The van der Waals surface area contributed by atoms with Gasteiger partial charge in [-0.1, -0.05) is 11.2 Å². The number of nitrogens with one attached hydrogen (secondary N) is 1. The maximum absolute atomic E-state index is 13.0. The summed E-state index contributed by atoms with van der Waals surface area (Å²) in [5.74, 6) is 0.386. The lowest BCUT2D eigenvalue weighted by Crippen LogP contribution is -2.32. The predicted octanol–water partition coefficient (Wildman–Crippen LogP) is 2.30. The highest BCUT2D eigenvalue weighted by molar-refractivity contribution is 5.96. The Bertz CT molecular complexity index is 780. The van der Waals surface area contributed by atoms with Gasteiger partial charge in [0.1, 0.15) is 11.3 Å². The summed E-state index contributed by atoms with van der Waals surface area (Å²) >= 11 is 0. The quantitative estimate of drug-likeness (QED) is 0.921. The fraction of sp³-hybridized carbons (Fsp3) is 0.444. The van der Waals surface area contributed by atoms with Gasteiger partial charge in [0, 0.05) is 13.5 Å². The van der Waals surface area contributed by atoms with E-state index in [1.165, 1.54) is 6.92 Å². The van der Waals surface area contributed by atoms with E-state index in [1.807, 2.05) is 23.1 Å². The summed E-state index contributed by atoms with van der Waals surface area (Å²) in [6.45, 7) is 6.08. The van der Waals surface area contributed by atoms with E-state index in [0.717, 1.165) is 24.2 Å². The molecule has 0 saturated carbocycles. The van der Waals surface area contributed by atoms with Crippen LogP contribution in [0.5, 0.6) is 0 Å². The van der Waals surface area contributed by atoms with Gasteiger partial charge in [0.2, 0.25) is 5.91 Å². The molecule has 2 aromatic heterocycles. The number of amides is 2. The van der Waals surface area contributed by atoms with Crippen molar-refractivity contribution in [3.05, 3.63) is 46.6 Å². The number of pyridine rings is 1. The first-order chi connectivity index (χ1) is 12.0. The number of carbonyl (C=O) groups is 2. The number of aryl methyl sites for hydroxylation is 2. The Morgan fingerprint density at radius 2 is 2.16 bits per heavy atom. The molecule has 1 atom stereocenters. The number of likely N-dealkylation sites (tertiary alicyclic amines) is 1. The summed E-state index contributed by atoms with van der Waals surface area (Å²) in [7, 11) is 0. The minimum absolute atomic E-state index is 0.0622.